The van der Waals surface area contributed by atoms with Gasteiger partial charge in [0.15, 0.2) is 0 Å². The summed E-state index contributed by atoms with van der Waals surface area (Å²) >= 11 is -0.786. The predicted octanol–water partition coefficient (Wildman–Crippen LogP) is -0.292. The number of rotatable bonds is 5. The number of aryl methyl sites for hydroxylation is 1. The predicted molar refractivity (Wildman–Crippen MR) is 97.1 cm³/mol. The molecule has 0 saturated carbocycles. The van der Waals surface area contributed by atoms with Gasteiger partial charge in [0.05, 0.1) is 0 Å². The molecule has 138 valence electrons. The SMILES string of the molecule is N=C1CC2c3ccccc3CCC2N1C[I-]NS(=O)(=O)c1ccccc1. The molecular formula is C19H21IN3O2S-. The van der Waals surface area contributed by atoms with Crippen molar-refractivity contribution >= 4 is 15.9 Å². The zero-order chi connectivity index (χ0) is 18.1. The molecule has 0 bridgehead atoms. The fourth-order valence-corrected chi connectivity index (χ4v) is 8.44. The van der Waals surface area contributed by atoms with Crippen LogP contribution < -0.4 is 24.4 Å². The zero-order valence-electron chi connectivity index (χ0n) is 14.2. The van der Waals surface area contributed by atoms with Gasteiger partial charge in [0.2, 0.25) is 0 Å². The molecule has 2 atom stereocenters. The summed E-state index contributed by atoms with van der Waals surface area (Å²) in [7, 11) is -3.45. The standard InChI is InChI=1S/C19H21IN3O2S/c21-19-12-17-16-9-5-4-6-14(16)10-11-18(17)23(19)13-20-22-26(24,25)15-7-2-1-3-8-15/h1-9,17-18,21-22H,10-13H2/q-1. The summed E-state index contributed by atoms with van der Waals surface area (Å²) in [6, 6.07) is 17.4. The van der Waals surface area contributed by atoms with E-state index in [0.29, 0.717) is 27.2 Å². The summed E-state index contributed by atoms with van der Waals surface area (Å²) in [5.41, 5.74) is 2.78. The van der Waals surface area contributed by atoms with Gasteiger partial charge in [-0.25, -0.2) is 0 Å². The number of nitrogens with zero attached hydrogens (tertiary/aromatic N) is 1. The van der Waals surface area contributed by atoms with Crippen molar-refractivity contribution in [1.29, 1.82) is 5.41 Å². The molecule has 26 heavy (non-hydrogen) atoms. The van der Waals surface area contributed by atoms with Crippen LogP contribution in [0.25, 0.3) is 0 Å². The van der Waals surface area contributed by atoms with Crippen LogP contribution in [0.5, 0.6) is 0 Å². The number of nitrogens with one attached hydrogen (secondary N) is 2. The Balaban J connectivity index is 1.43. The summed E-state index contributed by atoms with van der Waals surface area (Å²) in [6.07, 6.45) is 2.84. The number of alkyl halides is 1. The maximum absolute atomic E-state index is 12.4. The van der Waals surface area contributed by atoms with Crippen molar-refractivity contribution < 1.29 is 29.9 Å². The molecule has 2 aromatic carbocycles. The van der Waals surface area contributed by atoms with Crippen LogP contribution in [0.2, 0.25) is 0 Å². The number of hydrogen-bond acceptors (Lipinski definition) is 3. The Kier molecular flexibility index (Phi) is 5.02. The van der Waals surface area contributed by atoms with E-state index in [4.69, 9.17) is 5.41 Å². The van der Waals surface area contributed by atoms with Gasteiger partial charge >= 0.3 is 165 Å². The Morgan fingerprint density at radius 3 is 2.65 bits per heavy atom. The molecule has 1 aliphatic heterocycles. The van der Waals surface area contributed by atoms with Crippen LogP contribution in [-0.4, -0.2) is 29.7 Å². The molecule has 4 rings (SSSR count). The number of hydrogen-bond donors (Lipinski definition) is 2. The number of likely N-dealkylation sites (tertiary alicyclic amines) is 1. The third kappa shape index (κ3) is 3.39. The first-order chi connectivity index (χ1) is 12.6. The van der Waals surface area contributed by atoms with Crippen molar-refractivity contribution in [2.24, 2.45) is 0 Å². The first kappa shape index (κ1) is 17.9. The van der Waals surface area contributed by atoms with Crippen molar-refractivity contribution in [2.75, 3.05) is 4.55 Å². The first-order valence-corrected chi connectivity index (χ1v) is 12.7. The van der Waals surface area contributed by atoms with Gasteiger partial charge in [0.1, 0.15) is 0 Å². The van der Waals surface area contributed by atoms with Crippen molar-refractivity contribution in [3.8, 4) is 0 Å². The van der Waals surface area contributed by atoms with Gasteiger partial charge < -0.3 is 0 Å². The van der Waals surface area contributed by atoms with Gasteiger partial charge in [-0.05, 0) is 0 Å². The molecule has 0 aromatic heterocycles. The van der Waals surface area contributed by atoms with Crippen LogP contribution in [0.1, 0.15) is 29.9 Å². The number of amidine groups is 1. The van der Waals surface area contributed by atoms with Crippen molar-refractivity contribution in [2.45, 2.75) is 36.1 Å². The number of sulfonamides is 1. The molecule has 2 aliphatic rings. The van der Waals surface area contributed by atoms with Crippen LogP contribution in [-0.2, 0) is 16.4 Å². The minimum atomic E-state index is -3.45. The molecule has 0 spiro atoms. The summed E-state index contributed by atoms with van der Waals surface area (Å²) in [5.74, 6) is 1.03. The van der Waals surface area contributed by atoms with Crippen LogP contribution in [0.3, 0.4) is 0 Å². The molecular weight excluding hydrogens is 461 g/mol. The molecule has 1 fully saturated rings. The number of benzene rings is 2. The molecule has 1 heterocycles. The number of fused-ring (bicyclic) bond motifs is 3. The average molecular weight is 482 g/mol. The molecule has 1 aliphatic carbocycles. The van der Waals surface area contributed by atoms with Gasteiger partial charge in [0, 0.05) is 0 Å². The Morgan fingerprint density at radius 2 is 1.85 bits per heavy atom. The Bertz CT molecular complexity index is 917. The molecule has 0 amide bonds. The molecule has 2 aromatic rings. The summed E-state index contributed by atoms with van der Waals surface area (Å²) < 4.78 is 28.2. The second-order valence-electron chi connectivity index (χ2n) is 6.68. The molecule has 1 saturated heterocycles. The van der Waals surface area contributed by atoms with Gasteiger partial charge in [-0.3, -0.25) is 0 Å². The maximum atomic E-state index is 12.4. The first-order valence-electron chi connectivity index (χ1n) is 8.63. The normalized spacial score (nSPS) is 22.3. The van der Waals surface area contributed by atoms with E-state index >= 15 is 0 Å². The Morgan fingerprint density at radius 1 is 1.12 bits per heavy atom. The fraction of sp³-hybridized carbons (Fsp3) is 0.316. The molecule has 0 radical (unpaired) electrons. The third-order valence-electron chi connectivity index (χ3n) is 5.19. The molecule has 7 heteroatoms. The van der Waals surface area contributed by atoms with Crippen LogP contribution >= 0.6 is 0 Å². The molecule has 5 nitrogen and oxygen atoms in total. The van der Waals surface area contributed by atoms with E-state index in [1.54, 1.807) is 30.3 Å². The second kappa shape index (κ2) is 7.28. The fourth-order valence-electron chi connectivity index (χ4n) is 3.95. The van der Waals surface area contributed by atoms with E-state index in [9.17, 15) is 8.42 Å². The Labute approximate surface area is 165 Å². The average Bonchev–Trinajstić information content (AvgIpc) is 2.98. The van der Waals surface area contributed by atoms with Gasteiger partial charge in [-0.2, -0.15) is 0 Å². The summed E-state index contributed by atoms with van der Waals surface area (Å²) in [4.78, 5) is 2.45. The quantitative estimate of drug-likeness (QED) is 0.266. The van der Waals surface area contributed by atoms with Crippen LogP contribution in [0.15, 0.2) is 59.5 Å². The van der Waals surface area contributed by atoms with Crippen molar-refractivity contribution in [3.05, 3.63) is 65.7 Å². The van der Waals surface area contributed by atoms with Crippen molar-refractivity contribution in [3.63, 3.8) is 0 Å². The molecule has 2 unspecified atom stereocenters. The van der Waals surface area contributed by atoms with E-state index in [1.165, 1.54) is 11.1 Å². The monoisotopic (exact) mass is 482 g/mol. The van der Waals surface area contributed by atoms with E-state index in [-0.39, 0.29) is 0 Å². The zero-order valence-corrected chi connectivity index (χ0v) is 17.2. The second-order valence-corrected chi connectivity index (χ2v) is 11.1. The third-order valence-corrected chi connectivity index (χ3v) is 10.1. The molecule has 2 N–H and O–H groups in total. The van der Waals surface area contributed by atoms with Crippen molar-refractivity contribution in [1.82, 2.24) is 7.84 Å². The van der Waals surface area contributed by atoms with E-state index in [0.717, 1.165) is 19.3 Å². The van der Waals surface area contributed by atoms with Gasteiger partial charge in [-0.15, -0.1) is 0 Å². The van der Waals surface area contributed by atoms with E-state index < -0.39 is 31.5 Å². The van der Waals surface area contributed by atoms with Crippen LogP contribution in [0, 0.1) is 5.41 Å². The van der Waals surface area contributed by atoms with E-state index in [2.05, 4.69) is 32.1 Å². The van der Waals surface area contributed by atoms with Gasteiger partial charge in [0.25, 0.3) is 0 Å². The summed E-state index contributed by atoms with van der Waals surface area (Å²) in [5, 5.41) is 8.41. The van der Waals surface area contributed by atoms with Gasteiger partial charge in [-0.1, -0.05) is 0 Å². The topological polar surface area (TPSA) is 73.3 Å². The van der Waals surface area contributed by atoms with Crippen LogP contribution in [0.4, 0.5) is 0 Å². The Hall–Kier alpha value is -1.45. The summed E-state index contributed by atoms with van der Waals surface area (Å²) in [6.45, 7) is 0. The number of halogens is 1. The van der Waals surface area contributed by atoms with E-state index in [1.807, 2.05) is 0 Å². The minimum absolute atomic E-state index is 0.306.